The van der Waals surface area contributed by atoms with Crippen molar-refractivity contribution >= 4 is 11.1 Å². The highest BCUT2D eigenvalue weighted by molar-refractivity contribution is 6.09. The largest absolute Gasteiger partial charge is 0.416 e. The van der Waals surface area contributed by atoms with Gasteiger partial charge in [-0.05, 0) is 102 Å². The summed E-state index contributed by atoms with van der Waals surface area (Å²) >= 11 is 0. The molecule has 0 radical (unpaired) electrons. The van der Waals surface area contributed by atoms with Crippen LogP contribution in [0.3, 0.4) is 0 Å². The molecule has 0 nitrogen and oxygen atoms in total. The minimum absolute atomic E-state index is 0.453. The monoisotopic (exact) mass is 668 g/mol. The predicted octanol–water partition coefficient (Wildman–Crippen LogP) is 12.6. The van der Waals surface area contributed by atoms with Gasteiger partial charge in [0.2, 0.25) is 0 Å². The van der Waals surface area contributed by atoms with Gasteiger partial charge in [-0.1, -0.05) is 121 Å². The van der Waals surface area contributed by atoms with Crippen LogP contribution < -0.4 is 0 Å². The van der Waals surface area contributed by atoms with Gasteiger partial charge in [-0.15, -0.1) is 0 Å². The van der Waals surface area contributed by atoms with Crippen molar-refractivity contribution in [1.82, 2.24) is 0 Å². The first-order valence-corrected chi connectivity index (χ1v) is 16.3. The maximum Gasteiger partial charge on any atom is 0.416 e. The molecule has 0 bridgehead atoms. The Hall–Kier alpha value is -5.62. The lowest BCUT2D eigenvalue weighted by Gasteiger charge is -2.46. The summed E-state index contributed by atoms with van der Waals surface area (Å²) in [5.74, 6) is -0.906. The molecule has 50 heavy (non-hydrogen) atoms. The second-order valence-electron chi connectivity index (χ2n) is 13.0. The zero-order valence-electron chi connectivity index (χ0n) is 26.3. The minimum Gasteiger partial charge on any atom is -0.166 e. The van der Waals surface area contributed by atoms with Crippen LogP contribution in [0.4, 0.5) is 26.3 Å². The molecule has 0 unspecified atom stereocenters. The molecule has 1 fully saturated rings. The lowest BCUT2D eigenvalue weighted by molar-refractivity contribution is -0.138. The maximum atomic E-state index is 13.8. The molecule has 0 heterocycles. The van der Waals surface area contributed by atoms with Crippen molar-refractivity contribution < 1.29 is 26.3 Å². The molecule has 0 spiro atoms. The Bertz CT molecular complexity index is 2120. The van der Waals surface area contributed by atoms with Gasteiger partial charge in [0.1, 0.15) is 0 Å². The molecule has 0 amide bonds. The quantitative estimate of drug-likeness (QED) is 0.161. The molecule has 0 saturated heterocycles. The standard InChI is InChI=1S/C44H26F6/c45-43(46,47)27-21-17-25(18-22-27)37-38(26-19-23-28(24-20-26)44(48,49)50)42(40-35-15-7-3-11-31(35)32-12-4-8-16-36(32)40)41(37)39-33-13-5-1-9-29(33)30-10-2-6-14-34(30)39/h1-24,37-38H/t37-,38-/m0/s1. The second-order valence-corrected chi connectivity index (χ2v) is 13.0. The highest BCUT2D eigenvalue weighted by atomic mass is 19.4. The minimum atomic E-state index is -4.51. The van der Waals surface area contributed by atoms with Gasteiger partial charge in [0.05, 0.1) is 11.1 Å². The van der Waals surface area contributed by atoms with Crippen molar-refractivity contribution in [2.45, 2.75) is 24.2 Å². The third-order valence-electron chi connectivity index (χ3n) is 10.3. The van der Waals surface area contributed by atoms with Crippen molar-refractivity contribution in [3.8, 4) is 22.3 Å². The number of halogens is 6. The summed E-state index contributed by atoms with van der Waals surface area (Å²) in [6, 6.07) is 43.0. The van der Waals surface area contributed by atoms with Crippen LogP contribution in [0.1, 0.15) is 56.3 Å². The highest BCUT2D eigenvalue weighted by Gasteiger charge is 2.49. The molecule has 3 aliphatic rings. The van der Waals surface area contributed by atoms with Crippen LogP contribution in [0.5, 0.6) is 0 Å². The number of benzene rings is 6. The third-order valence-corrected chi connectivity index (χ3v) is 10.3. The fourth-order valence-electron chi connectivity index (χ4n) is 8.24. The van der Waals surface area contributed by atoms with Crippen LogP contribution in [-0.4, -0.2) is 0 Å². The summed E-state index contributed by atoms with van der Waals surface area (Å²) in [5.41, 5.74) is 12.1. The summed E-state index contributed by atoms with van der Waals surface area (Å²) < 4.78 is 82.7. The molecule has 9 rings (SSSR count). The van der Waals surface area contributed by atoms with Crippen molar-refractivity contribution in [1.29, 1.82) is 0 Å². The van der Waals surface area contributed by atoms with Crippen LogP contribution in [0.15, 0.2) is 157 Å². The molecule has 3 aliphatic carbocycles. The highest BCUT2D eigenvalue weighted by Crippen LogP contribution is 2.66. The molecule has 0 aliphatic heterocycles. The van der Waals surface area contributed by atoms with E-state index >= 15 is 0 Å². The average molecular weight is 669 g/mol. The molecular formula is C44H26F6. The van der Waals surface area contributed by atoms with E-state index in [4.69, 9.17) is 0 Å². The molecule has 2 atom stereocenters. The molecular weight excluding hydrogens is 642 g/mol. The van der Waals surface area contributed by atoms with Gasteiger partial charge in [0.25, 0.3) is 0 Å². The Morgan fingerprint density at radius 2 is 0.540 bits per heavy atom. The van der Waals surface area contributed by atoms with E-state index in [2.05, 4.69) is 48.5 Å². The van der Waals surface area contributed by atoms with E-state index in [0.717, 1.165) is 91.1 Å². The van der Waals surface area contributed by atoms with Gasteiger partial charge < -0.3 is 0 Å². The van der Waals surface area contributed by atoms with Gasteiger partial charge in [0, 0.05) is 11.8 Å². The molecule has 6 aromatic rings. The Labute approximate surface area is 284 Å². The van der Waals surface area contributed by atoms with Crippen molar-refractivity contribution in [2.24, 2.45) is 0 Å². The molecule has 0 aromatic heterocycles. The number of fused-ring (bicyclic) bond motifs is 6. The Morgan fingerprint density at radius 1 is 0.300 bits per heavy atom. The van der Waals surface area contributed by atoms with Crippen LogP contribution in [-0.2, 0) is 12.4 Å². The summed E-state index contributed by atoms with van der Waals surface area (Å²) in [7, 11) is 0. The molecule has 0 N–H and O–H groups in total. The topological polar surface area (TPSA) is 0 Å². The van der Waals surface area contributed by atoms with Gasteiger partial charge in [-0.2, -0.15) is 26.3 Å². The van der Waals surface area contributed by atoms with E-state index in [0.29, 0.717) is 11.1 Å². The van der Waals surface area contributed by atoms with Crippen LogP contribution >= 0.6 is 0 Å². The Morgan fingerprint density at radius 3 is 0.780 bits per heavy atom. The Balaban J connectivity index is 1.40. The predicted molar refractivity (Wildman–Crippen MR) is 184 cm³/mol. The number of alkyl halides is 6. The summed E-state index contributed by atoms with van der Waals surface area (Å²) in [4.78, 5) is 0. The lowest BCUT2D eigenvalue weighted by atomic mass is 9.56. The number of rotatable bonds is 2. The zero-order chi connectivity index (χ0) is 34.4. The van der Waals surface area contributed by atoms with Crippen molar-refractivity contribution in [2.75, 3.05) is 0 Å². The second kappa shape index (κ2) is 10.9. The van der Waals surface area contributed by atoms with Gasteiger partial charge in [-0.25, -0.2) is 0 Å². The van der Waals surface area contributed by atoms with E-state index in [1.165, 1.54) is 24.3 Å². The van der Waals surface area contributed by atoms with Gasteiger partial charge >= 0.3 is 12.4 Å². The van der Waals surface area contributed by atoms with E-state index in [-0.39, 0.29) is 0 Å². The zero-order valence-corrected chi connectivity index (χ0v) is 26.3. The van der Waals surface area contributed by atoms with Crippen LogP contribution in [0.25, 0.3) is 33.4 Å². The van der Waals surface area contributed by atoms with E-state index in [1.54, 1.807) is 0 Å². The van der Waals surface area contributed by atoms with E-state index < -0.39 is 35.3 Å². The van der Waals surface area contributed by atoms with Crippen molar-refractivity contribution in [3.63, 3.8) is 0 Å². The SMILES string of the molecule is FC(F)(F)c1ccc([C@@H]2C(=C3c4ccccc4-c4ccccc43)C(=C3c4ccccc4-c4ccccc43)[C@H]2c2ccc(C(F)(F)F)cc2)cc1. The number of hydrogen-bond acceptors (Lipinski definition) is 0. The van der Waals surface area contributed by atoms with Gasteiger partial charge in [-0.3, -0.25) is 0 Å². The van der Waals surface area contributed by atoms with E-state index in [9.17, 15) is 26.3 Å². The van der Waals surface area contributed by atoms with Gasteiger partial charge in [0.15, 0.2) is 0 Å². The van der Waals surface area contributed by atoms with Crippen LogP contribution in [0, 0.1) is 0 Å². The average Bonchev–Trinajstić information content (AvgIpc) is 3.61. The Kier molecular flexibility index (Phi) is 6.66. The molecule has 244 valence electrons. The lowest BCUT2D eigenvalue weighted by Crippen LogP contribution is -2.31. The third kappa shape index (κ3) is 4.54. The molecule has 6 aromatic carbocycles. The summed E-state index contributed by atoms with van der Waals surface area (Å²) in [6.07, 6.45) is -9.03. The summed E-state index contributed by atoms with van der Waals surface area (Å²) in [5, 5.41) is 0. The molecule has 1 saturated carbocycles. The number of hydrogen-bond donors (Lipinski definition) is 0. The summed E-state index contributed by atoms with van der Waals surface area (Å²) in [6.45, 7) is 0. The first-order valence-electron chi connectivity index (χ1n) is 16.3. The maximum absolute atomic E-state index is 13.8. The first-order chi connectivity index (χ1) is 24.1. The van der Waals surface area contributed by atoms with Crippen molar-refractivity contribution in [3.05, 3.63) is 201 Å². The molecule has 6 heteroatoms. The van der Waals surface area contributed by atoms with E-state index in [1.807, 2.05) is 48.5 Å². The smallest absolute Gasteiger partial charge is 0.166 e. The normalized spacial score (nSPS) is 17.6. The fourth-order valence-corrected chi connectivity index (χ4v) is 8.24. The van der Waals surface area contributed by atoms with Crippen LogP contribution in [0.2, 0.25) is 0 Å². The fraction of sp³-hybridized carbons (Fsp3) is 0.0909. The number of allylic oxidation sites excluding steroid dienone is 2. The first kappa shape index (κ1) is 30.4.